The largest absolute Gasteiger partial charge is 0.489 e. The van der Waals surface area contributed by atoms with Crippen molar-refractivity contribution in [2.24, 2.45) is 4.99 Å². The summed E-state index contributed by atoms with van der Waals surface area (Å²) in [6.45, 7) is 5.66. The number of methoxy groups -OCH3 is 1. The molecule has 2 N–H and O–H groups in total. The first-order chi connectivity index (χ1) is 12.8. The Hall–Kier alpha value is -1.80. The minimum Gasteiger partial charge on any atom is -0.489 e. The number of nitrogens with one attached hydrogen (secondary N) is 2. The van der Waals surface area contributed by atoms with Crippen molar-refractivity contribution in [3.63, 3.8) is 0 Å². The second-order valence-corrected chi connectivity index (χ2v) is 5.89. The Kier molecular flexibility index (Phi) is 12.3. The summed E-state index contributed by atoms with van der Waals surface area (Å²) in [7, 11) is 1.72. The molecule has 2 rings (SSSR count). The van der Waals surface area contributed by atoms with Gasteiger partial charge in [0.25, 0.3) is 0 Å². The van der Waals surface area contributed by atoms with Gasteiger partial charge in [0.15, 0.2) is 5.96 Å². The molecule has 0 saturated carbocycles. The highest BCUT2D eigenvalue weighted by Crippen LogP contribution is 2.13. The van der Waals surface area contributed by atoms with Crippen LogP contribution < -0.4 is 15.4 Å². The van der Waals surface area contributed by atoms with Crippen LogP contribution in [-0.4, -0.2) is 32.8 Å². The molecular formula is C21H30IN3O2. The number of para-hydroxylation sites is 1. The van der Waals surface area contributed by atoms with E-state index in [0.29, 0.717) is 13.2 Å². The van der Waals surface area contributed by atoms with E-state index in [4.69, 9.17) is 9.47 Å². The summed E-state index contributed by atoms with van der Waals surface area (Å²) < 4.78 is 10.9. The zero-order valence-electron chi connectivity index (χ0n) is 16.1. The zero-order chi connectivity index (χ0) is 18.5. The van der Waals surface area contributed by atoms with Gasteiger partial charge in [-0.3, -0.25) is 0 Å². The van der Waals surface area contributed by atoms with Crippen LogP contribution in [0.4, 0.5) is 0 Å². The van der Waals surface area contributed by atoms with Gasteiger partial charge in [0.1, 0.15) is 12.4 Å². The second kappa shape index (κ2) is 14.3. The normalized spacial score (nSPS) is 10.8. The zero-order valence-corrected chi connectivity index (χ0v) is 18.4. The lowest BCUT2D eigenvalue weighted by Gasteiger charge is -2.11. The van der Waals surface area contributed by atoms with Crippen molar-refractivity contribution in [3.8, 4) is 5.75 Å². The van der Waals surface area contributed by atoms with Gasteiger partial charge < -0.3 is 20.1 Å². The first-order valence-corrected chi connectivity index (χ1v) is 9.08. The highest BCUT2D eigenvalue weighted by molar-refractivity contribution is 14.0. The molecule has 0 unspecified atom stereocenters. The van der Waals surface area contributed by atoms with Crippen LogP contribution in [0.3, 0.4) is 0 Å². The summed E-state index contributed by atoms with van der Waals surface area (Å²) in [5.41, 5.74) is 2.30. The molecule has 0 atom stereocenters. The van der Waals surface area contributed by atoms with Crippen LogP contribution in [0.1, 0.15) is 24.5 Å². The monoisotopic (exact) mass is 483 g/mol. The van der Waals surface area contributed by atoms with Gasteiger partial charge in [-0.1, -0.05) is 42.5 Å². The number of rotatable bonds is 10. The first kappa shape index (κ1) is 23.2. The highest BCUT2D eigenvalue weighted by atomic mass is 127. The summed E-state index contributed by atoms with van der Waals surface area (Å²) in [4.78, 5) is 4.65. The number of benzene rings is 2. The van der Waals surface area contributed by atoms with E-state index in [2.05, 4.69) is 40.7 Å². The number of halogens is 1. The molecule has 27 heavy (non-hydrogen) atoms. The van der Waals surface area contributed by atoms with Crippen LogP contribution in [0.15, 0.2) is 59.6 Å². The van der Waals surface area contributed by atoms with Gasteiger partial charge in [0.2, 0.25) is 0 Å². The number of aliphatic imine (C=N–C) groups is 1. The van der Waals surface area contributed by atoms with Crippen LogP contribution in [0.25, 0.3) is 0 Å². The van der Waals surface area contributed by atoms with E-state index in [0.717, 1.165) is 49.0 Å². The molecule has 148 valence electrons. The lowest BCUT2D eigenvalue weighted by atomic mass is 10.1. The Morgan fingerprint density at radius 2 is 1.78 bits per heavy atom. The third kappa shape index (κ3) is 9.63. The van der Waals surface area contributed by atoms with Crippen LogP contribution >= 0.6 is 24.0 Å². The van der Waals surface area contributed by atoms with E-state index in [1.807, 2.05) is 36.4 Å². The molecule has 0 saturated heterocycles. The van der Waals surface area contributed by atoms with E-state index in [1.54, 1.807) is 7.11 Å². The lowest BCUT2D eigenvalue weighted by molar-refractivity contribution is 0.195. The minimum atomic E-state index is 0. The van der Waals surface area contributed by atoms with E-state index in [-0.39, 0.29) is 24.0 Å². The van der Waals surface area contributed by atoms with E-state index in [9.17, 15) is 0 Å². The third-order valence-electron chi connectivity index (χ3n) is 3.72. The predicted molar refractivity (Wildman–Crippen MR) is 122 cm³/mol. The molecule has 0 spiro atoms. The van der Waals surface area contributed by atoms with Crippen molar-refractivity contribution in [1.29, 1.82) is 0 Å². The van der Waals surface area contributed by atoms with Crippen LogP contribution in [0, 0.1) is 0 Å². The van der Waals surface area contributed by atoms with Gasteiger partial charge in [0.05, 0.1) is 6.54 Å². The number of hydrogen-bond acceptors (Lipinski definition) is 3. The maximum atomic E-state index is 5.81. The number of nitrogens with zero attached hydrogens (tertiary/aromatic N) is 1. The first-order valence-electron chi connectivity index (χ1n) is 9.08. The summed E-state index contributed by atoms with van der Waals surface area (Å²) >= 11 is 0. The molecule has 0 aromatic heterocycles. The lowest BCUT2D eigenvalue weighted by Crippen LogP contribution is -2.38. The van der Waals surface area contributed by atoms with Crippen molar-refractivity contribution in [2.45, 2.75) is 26.5 Å². The Morgan fingerprint density at radius 3 is 2.52 bits per heavy atom. The van der Waals surface area contributed by atoms with Gasteiger partial charge in [-0.2, -0.15) is 0 Å². The van der Waals surface area contributed by atoms with E-state index >= 15 is 0 Å². The summed E-state index contributed by atoms with van der Waals surface area (Å²) in [6.07, 6.45) is 0.952. The summed E-state index contributed by atoms with van der Waals surface area (Å²) in [6, 6.07) is 18.2. The maximum Gasteiger partial charge on any atom is 0.191 e. The molecule has 2 aromatic carbocycles. The molecule has 0 fully saturated rings. The Morgan fingerprint density at radius 1 is 1.00 bits per heavy atom. The fraction of sp³-hybridized carbons (Fsp3) is 0.381. The molecule has 6 heteroatoms. The van der Waals surface area contributed by atoms with Crippen LogP contribution in [0.2, 0.25) is 0 Å². The third-order valence-corrected chi connectivity index (χ3v) is 3.72. The van der Waals surface area contributed by atoms with Gasteiger partial charge >= 0.3 is 0 Å². The van der Waals surface area contributed by atoms with Crippen molar-refractivity contribution >= 4 is 29.9 Å². The quantitative estimate of drug-likeness (QED) is 0.233. The van der Waals surface area contributed by atoms with E-state index < -0.39 is 0 Å². The minimum absolute atomic E-state index is 0. The number of guanidine groups is 1. The summed E-state index contributed by atoms with van der Waals surface area (Å²) in [5, 5.41) is 6.59. The average molecular weight is 483 g/mol. The van der Waals surface area contributed by atoms with Crippen molar-refractivity contribution in [1.82, 2.24) is 10.6 Å². The van der Waals surface area contributed by atoms with Crippen molar-refractivity contribution < 1.29 is 9.47 Å². The average Bonchev–Trinajstić information content (AvgIpc) is 2.69. The van der Waals surface area contributed by atoms with Gasteiger partial charge in [0, 0.05) is 26.8 Å². The molecule has 0 heterocycles. The smallest absolute Gasteiger partial charge is 0.191 e. The molecule has 0 amide bonds. The number of hydrogen-bond donors (Lipinski definition) is 2. The van der Waals surface area contributed by atoms with Crippen molar-refractivity contribution in [3.05, 3.63) is 65.7 Å². The molecule has 0 bridgehead atoms. The topological polar surface area (TPSA) is 54.9 Å². The van der Waals surface area contributed by atoms with Crippen LogP contribution in [-0.2, 0) is 17.9 Å². The number of ether oxygens (including phenoxy) is 2. The molecule has 0 aliphatic heterocycles. The summed E-state index contributed by atoms with van der Waals surface area (Å²) in [5.74, 6) is 1.71. The molecular weight excluding hydrogens is 453 g/mol. The Labute approximate surface area is 179 Å². The molecule has 0 radical (unpaired) electrons. The highest BCUT2D eigenvalue weighted by Gasteiger charge is 2.00. The van der Waals surface area contributed by atoms with Gasteiger partial charge in [-0.05, 0) is 36.6 Å². The predicted octanol–water partition coefficient (Wildman–Crippen LogP) is 3.98. The van der Waals surface area contributed by atoms with Gasteiger partial charge in [-0.25, -0.2) is 4.99 Å². The Balaban J connectivity index is 0.00000364. The van der Waals surface area contributed by atoms with Crippen LogP contribution in [0.5, 0.6) is 5.75 Å². The Bertz CT molecular complexity index is 665. The molecule has 0 aliphatic carbocycles. The maximum absolute atomic E-state index is 5.81. The fourth-order valence-electron chi connectivity index (χ4n) is 2.44. The molecule has 5 nitrogen and oxygen atoms in total. The fourth-order valence-corrected chi connectivity index (χ4v) is 2.44. The standard InChI is InChI=1S/C21H29N3O2.HI/c1-3-22-21(23-13-8-14-25-2)24-16-18-9-7-10-19(15-18)17-26-20-11-5-4-6-12-20;/h4-7,9-12,15H,3,8,13-14,16-17H2,1-2H3,(H2,22,23,24);1H. The molecule has 0 aliphatic rings. The second-order valence-electron chi connectivity index (χ2n) is 5.89. The molecule has 2 aromatic rings. The SMILES string of the molecule is CCNC(=NCc1cccc(COc2ccccc2)c1)NCCCOC.I. The van der Waals surface area contributed by atoms with Gasteiger partial charge in [-0.15, -0.1) is 24.0 Å². The van der Waals surface area contributed by atoms with Crippen molar-refractivity contribution in [2.75, 3.05) is 26.8 Å². The van der Waals surface area contributed by atoms with E-state index in [1.165, 1.54) is 0 Å².